The normalized spacial score (nSPS) is 15.6. The molecule has 0 saturated carbocycles. The fourth-order valence-corrected chi connectivity index (χ4v) is 5.79. The SMILES string of the molecule is CCc1c(N2CCN(C(=O)c3ncccc3O)CC2)c(=O)n2nc(N3CCOCC3)nc2n1CC(=O)Nc1ccc(C(F)(F)F)cc1F. The lowest BCUT2D eigenvalue weighted by molar-refractivity contribution is -0.137. The maximum Gasteiger partial charge on any atom is 0.416 e. The zero-order valence-electron chi connectivity index (χ0n) is 25.7. The van der Waals surface area contributed by atoms with Crippen LogP contribution >= 0.6 is 0 Å². The number of hydrogen-bond acceptors (Lipinski definition) is 10. The van der Waals surface area contributed by atoms with Crippen LogP contribution in [0.3, 0.4) is 0 Å². The van der Waals surface area contributed by atoms with Gasteiger partial charge in [0.15, 0.2) is 5.69 Å². The van der Waals surface area contributed by atoms with Gasteiger partial charge in [-0.2, -0.15) is 22.7 Å². The summed E-state index contributed by atoms with van der Waals surface area (Å²) in [7, 11) is 0. The number of morpholine rings is 1. The molecule has 254 valence electrons. The lowest BCUT2D eigenvalue weighted by Crippen LogP contribution is -2.51. The summed E-state index contributed by atoms with van der Waals surface area (Å²) in [5.74, 6) is -2.46. The Morgan fingerprint density at radius 3 is 2.42 bits per heavy atom. The van der Waals surface area contributed by atoms with Crippen LogP contribution in [0.1, 0.15) is 28.7 Å². The van der Waals surface area contributed by atoms with Crippen molar-refractivity contribution in [1.29, 1.82) is 0 Å². The van der Waals surface area contributed by atoms with Gasteiger partial charge in [0.2, 0.25) is 17.6 Å². The first kappa shape index (κ1) is 32.7. The second-order valence-electron chi connectivity index (χ2n) is 11.2. The third-order valence-electron chi connectivity index (χ3n) is 8.19. The average Bonchev–Trinajstić information content (AvgIpc) is 3.53. The van der Waals surface area contributed by atoms with Crippen molar-refractivity contribution in [2.24, 2.45) is 0 Å². The van der Waals surface area contributed by atoms with Gasteiger partial charge in [-0.1, -0.05) is 6.92 Å². The molecule has 2 aliphatic heterocycles. The van der Waals surface area contributed by atoms with Crippen LogP contribution in [-0.4, -0.2) is 98.5 Å². The Balaban J connectivity index is 1.34. The van der Waals surface area contributed by atoms with Crippen LogP contribution in [0.5, 0.6) is 5.75 Å². The highest BCUT2D eigenvalue weighted by molar-refractivity contribution is 5.95. The van der Waals surface area contributed by atoms with Gasteiger partial charge in [0, 0.05) is 45.5 Å². The van der Waals surface area contributed by atoms with Crippen LogP contribution in [0, 0.1) is 5.82 Å². The topological polar surface area (TPSA) is 150 Å². The number of nitrogens with one attached hydrogen (secondary N) is 1. The van der Waals surface area contributed by atoms with Crippen molar-refractivity contribution in [1.82, 2.24) is 29.0 Å². The van der Waals surface area contributed by atoms with Crippen molar-refractivity contribution in [3.8, 4) is 5.75 Å². The van der Waals surface area contributed by atoms with E-state index in [1.54, 1.807) is 11.8 Å². The number of rotatable bonds is 7. The standard InChI is InChI=1S/C30H31F4N9O5/c1-2-21-25(39-8-10-40(11-9-39)26(46)24-22(44)4-3-7-35-24)27(47)43-29(37-28(38-43)41-12-14-48-15-13-41)42(21)17-23(45)36-20-6-5-18(16-19(20)31)30(32,33)34/h3-7,16,44H,2,8-15,17H2,1H3,(H,36,45). The molecule has 0 bridgehead atoms. The Hall–Kier alpha value is -5.26. The minimum Gasteiger partial charge on any atom is -0.505 e. The molecular formula is C30H31F4N9O5. The second-order valence-corrected chi connectivity index (χ2v) is 11.2. The monoisotopic (exact) mass is 673 g/mol. The third kappa shape index (κ3) is 6.34. The van der Waals surface area contributed by atoms with Gasteiger partial charge in [0.05, 0.1) is 30.2 Å². The number of aromatic hydroxyl groups is 1. The summed E-state index contributed by atoms with van der Waals surface area (Å²) in [5.41, 5.74) is -1.59. The van der Waals surface area contributed by atoms with Crippen LogP contribution in [0.15, 0.2) is 41.3 Å². The van der Waals surface area contributed by atoms with E-state index in [-0.39, 0.29) is 61.5 Å². The minimum atomic E-state index is -4.76. The summed E-state index contributed by atoms with van der Waals surface area (Å²) in [6.45, 7) is 3.92. The summed E-state index contributed by atoms with van der Waals surface area (Å²) in [4.78, 5) is 54.1. The largest absolute Gasteiger partial charge is 0.505 e. The Morgan fingerprint density at radius 1 is 1.04 bits per heavy atom. The average molecular weight is 674 g/mol. The fraction of sp³-hybridized carbons (Fsp3) is 0.400. The second kappa shape index (κ2) is 13.1. The Bertz CT molecular complexity index is 1920. The molecule has 6 rings (SSSR count). The molecule has 14 nitrogen and oxygen atoms in total. The molecule has 0 spiro atoms. The number of nitrogens with zero attached hydrogens (tertiary/aromatic N) is 8. The number of alkyl halides is 3. The highest BCUT2D eigenvalue weighted by Crippen LogP contribution is 2.31. The summed E-state index contributed by atoms with van der Waals surface area (Å²) in [6, 6.07) is 4.68. The summed E-state index contributed by atoms with van der Waals surface area (Å²) >= 11 is 0. The van der Waals surface area contributed by atoms with E-state index in [0.717, 1.165) is 10.6 Å². The van der Waals surface area contributed by atoms with Crippen LogP contribution in [-0.2, 0) is 28.7 Å². The highest BCUT2D eigenvalue weighted by Gasteiger charge is 2.32. The molecule has 5 heterocycles. The molecule has 2 amide bonds. The first-order chi connectivity index (χ1) is 23.0. The van der Waals surface area contributed by atoms with Crippen molar-refractivity contribution in [3.63, 3.8) is 0 Å². The van der Waals surface area contributed by atoms with Gasteiger partial charge in [-0.3, -0.25) is 14.4 Å². The first-order valence-corrected chi connectivity index (χ1v) is 15.2. The van der Waals surface area contributed by atoms with Crippen molar-refractivity contribution >= 4 is 34.9 Å². The first-order valence-electron chi connectivity index (χ1n) is 15.2. The fourth-order valence-electron chi connectivity index (χ4n) is 5.79. The van der Waals surface area contributed by atoms with Gasteiger partial charge in [-0.05, 0) is 36.8 Å². The molecule has 18 heteroatoms. The number of carbonyl (C=O) groups excluding carboxylic acids is 2. The third-order valence-corrected chi connectivity index (χ3v) is 8.19. The number of anilines is 3. The molecule has 0 unspecified atom stereocenters. The van der Waals surface area contributed by atoms with Crippen LogP contribution in [0.2, 0.25) is 0 Å². The summed E-state index contributed by atoms with van der Waals surface area (Å²) < 4.78 is 61.8. The molecule has 0 aliphatic carbocycles. The molecule has 1 aromatic carbocycles. The number of aromatic nitrogens is 5. The van der Waals surface area contributed by atoms with Gasteiger partial charge in [-0.15, -0.1) is 5.10 Å². The number of amides is 2. The van der Waals surface area contributed by atoms with Crippen molar-refractivity contribution in [3.05, 3.63) is 69.7 Å². The molecule has 2 saturated heterocycles. The van der Waals surface area contributed by atoms with E-state index < -0.39 is 47.2 Å². The van der Waals surface area contributed by atoms with Crippen LogP contribution in [0.4, 0.5) is 34.9 Å². The van der Waals surface area contributed by atoms with Gasteiger partial charge in [0.1, 0.15) is 23.8 Å². The maximum absolute atomic E-state index is 14.6. The number of pyridine rings is 1. The molecule has 48 heavy (non-hydrogen) atoms. The highest BCUT2D eigenvalue weighted by atomic mass is 19.4. The molecule has 2 fully saturated rings. The quantitative estimate of drug-likeness (QED) is 0.280. The Labute approximate surface area is 270 Å². The van der Waals surface area contributed by atoms with Gasteiger partial charge in [-0.25, -0.2) is 9.37 Å². The lowest BCUT2D eigenvalue weighted by Gasteiger charge is -2.36. The van der Waals surface area contributed by atoms with E-state index in [1.807, 2.05) is 4.90 Å². The van der Waals surface area contributed by atoms with E-state index in [1.165, 1.54) is 27.8 Å². The number of carbonyl (C=O) groups is 2. The zero-order chi connectivity index (χ0) is 34.2. The smallest absolute Gasteiger partial charge is 0.416 e. The lowest BCUT2D eigenvalue weighted by atomic mass is 10.2. The van der Waals surface area contributed by atoms with Crippen molar-refractivity contribution in [2.75, 3.05) is 67.6 Å². The maximum atomic E-state index is 14.6. The number of ether oxygens (including phenoxy) is 1. The van der Waals surface area contributed by atoms with Crippen LogP contribution in [0.25, 0.3) is 5.78 Å². The molecule has 0 radical (unpaired) electrons. The summed E-state index contributed by atoms with van der Waals surface area (Å²) in [5, 5.41) is 16.9. The summed E-state index contributed by atoms with van der Waals surface area (Å²) in [6.07, 6.45) is -3.11. The van der Waals surface area contributed by atoms with E-state index in [9.17, 15) is 37.1 Å². The van der Waals surface area contributed by atoms with Crippen molar-refractivity contribution < 1.29 is 37.0 Å². The number of halogens is 4. The van der Waals surface area contributed by atoms with E-state index in [4.69, 9.17) is 4.74 Å². The molecule has 2 aliphatic rings. The van der Waals surface area contributed by atoms with Gasteiger partial charge >= 0.3 is 6.18 Å². The Kier molecular flexibility index (Phi) is 8.91. The van der Waals surface area contributed by atoms with Gasteiger partial charge < -0.3 is 34.4 Å². The minimum absolute atomic E-state index is 0.0459. The molecule has 0 atom stereocenters. The predicted octanol–water partition coefficient (Wildman–Crippen LogP) is 2.15. The number of fused-ring (bicyclic) bond motifs is 1. The molecular weight excluding hydrogens is 642 g/mol. The van der Waals surface area contributed by atoms with Gasteiger partial charge in [0.25, 0.3) is 11.5 Å². The molecule has 3 aromatic heterocycles. The van der Waals surface area contributed by atoms with E-state index in [2.05, 4.69) is 20.4 Å². The van der Waals surface area contributed by atoms with E-state index in [0.29, 0.717) is 44.1 Å². The Morgan fingerprint density at radius 2 is 1.77 bits per heavy atom. The zero-order valence-corrected chi connectivity index (χ0v) is 25.7. The van der Waals surface area contributed by atoms with Crippen LogP contribution < -0.4 is 20.7 Å². The van der Waals surface area contributed by atoms with Crippen molar-refractivity contribution in [2.45, 2.75) is 26.1 Å². The predicted molar refractivity (Wildman–Crippen MR) is 164 cm³/mol. The number of benzene rings is 1. The number of hydrogen-bond donors (Lipinski definition) is 2. The van der Waals surface area contributed by atoms with E-state index >= 15 is 0 Å². The molecule has 2 N–H and O–H groups in total. The molecule has 4 aromatic rings. The number of piperazine rings is 1.